The number of rotatable bonds is 6. The van der Waals surface area contributed by atoms with Crippen LogP contribution in [0.15, 0.2) is 4.47 Å². The molecule has 5 nitrogen and oxygen atoms in total. The van der Waals surface area contributed by atoms with Gasteiger partial charge < -0.3 is 10.6 Å². The van der Waals surface area contributed by atoms with Crippen molar-refractivity contribution in [3.63, 3.8) is 0 Å². The molecular formula is C14H25BrN4O. The van der Waals surface area contributed by atoms with Crippen molar-refractivity contribution in [3.8, 4) is 0 Å². The molecular weight excluding hydrogens is 320 g/mol. The zero-order valence-electron chi connectivity index (χ0n) is 13.0. The average molecular weight is 345 g/mol. The molecule has 0 atom stereocenters. The Hall–Kier alpha value is -0.880. The Kier molecular flexibility index (Phi) is 6.20. The van der Waals surface area contributed by atoms with Crippen LogP contribution in [-0.2, 0) is 24.3 Å². The van der Waals surface area contributed by atoms with Crippen molar-refractivity contribution in [2.24, 2.45) is 0 Å². The lowest BCUT2D eigenvalue weighted by Crippen LogP contribution is -2.44. The van der Waals surface area contributed by atoms with Crippen molar-refractivity contribution >= 4 is 21.8 Å². The van der Waals surface area contributed by atoms with E-state index in [9.17, 15) is 4.79 Å². The summed E-state index contributed by atoms with van der Waals surface area (Å²) < 4.78 is 3.02. The van der Waals surface area contributed by atoms with Crippen molar-refractivity contribution in [1.29, 1.82) is 0 Å². The van der Waals surface area contributed by atoms with Crippen molar-refractivity contribution in [3.05, 3.63) is 15.9 Å². The molecule has 0 aliphatic carbocycles. The second-order valence-electron chi connectivity index (χ2n) is 5.78. The number of carbonyl (C=O) groups is 1. The summed E-state index contributed by atoms with van der Waals surface area (Å²) in [6.45, 7) is 11.8. The monoisotopic (exact) mass is 344 g/mol. The normalized spacial score (nSPS) is 11.7. The van der Waals surface area contributed by atoms with Gasteiger partial charge in [0.05, 0.1) is 22.4 Å². The van der Waals surface area contributed by atoms with Gasteiger partial charge in [-0.3, -0.25) is 9.48 Å². The molecule has 1 amide bonds. The van der Waals surface area contributed by atoms with Crippen LogP contribution in [0.4, 0.5) is 0 Å². The molecule has 0 fully saturated rings. The lowest BCUT2D eigenvalue weighted by molar-refractivity contribution is -0.121. The Morgan fingerprint density at radius 1 is 1.35 bits per heavy atom. The minimum atomic E-state index is -0.195. The topological polar surface area (TPSA) is 59.0 Å². The van der Waals surface area contributed by atoms with Gasteiger partial charge in [0.25, 0.3) is 0 Å². The van der Waals surface area contributed by atoms with E-state index in [0.717, 1.165) is 28.8 Å². The SMILES string of the molecule is CCc1nn(CC)c(CNCC(=O)NC(C)(C)C)c1Br. The van der Waals surface area contributed by atoms with Gasteiger partial charge in [-0.1, -0.05) is 6.92 Å². The molecule has 0 saturated carbocycles. The molecule has 0 aromatic carbocycles. The number of carbonyl (C=O) groups excluding carboxylic acids is 1. The highest BCUT2D eigenvalue weighted by Gasteiger charge is 2.15. The van der Waals surface area contributed by atoms with Crippen LogP contribution in [0.2, 0.25) is 0 Å². The number of nitrogens with one attached hydrogen (secondary N) is 2. The summed E-state index contributed by atoms with van der Waals surface area (Å²) in [5, 5.41) is 10.6. The Balaban J connectivity index is 2.58. The van der Waals surface area contributed by atoms with E-state index in [2.05, 4.69) is 45.5 Å². The van der Waals surface area contributed by atoms with Gasteiger partial charge in [-0.2, -0.15) is 5.10 Å². The highest BCUT2D eigenvalue weighted by molar-refractivity contribution is 9.10. The first kappa shape index (κ1) is 17.2. The number of aromatic nitrogens is 2. The van der Waals surface area contributed by atoms with Gasteiger partial charge in [0.1, 0.15) is 0 Å². The molecule has 1 aromatic heterocycles. The van der Waals surface area contributed by atoms with E-state index in [1.54, 1.807) is 0 Å². The minimum Gasteiger partial charge on any atom is -0.350 e. The Morgan fingerprint density at radius 3 is 2.50 bits per heavy atom. The largest absolute Gasteiger partial charge is 0.350 e. The molecule has 114 valence electrons. The molecule has 0 saturated heterocycles. The Morgan fingerprint density at radius 2 is 2.00 bits per heavy atom. The van der Waals surface area contributed by atoms with E-state index >= 15 is 0 Å². The molecule has 6 heteroatoms. The first-order valence-electron chi connectivity index (χ1n) is 7.04. The lowest BCUT2D eigenvalue weighted by Gasteiger charge is -2.20. The van der Waals surface area contributed by atoms with Crippen molar-refractivity contribution in [2.45, 2.75) is 59.7 Å². The molecule has 2 N–H and O–H groups in total. The van der Waals surface area contributed by atoms with Crippen LogP contribution in [-0.4, -0.2) is 27.8 Å². The van der Waals surface area contributed by atoms with E-state index in [1.807, 2.05) is 25.5 Å². The zero-order chi connectivity index (χ0) is 15.3. The first-order chi connectivity index (χ1) is 9.28. The highest BCUT2D eigenvalue weighted by Crippen LogP contribution is 2.22. The van der Waals surface area contributed by atoms with Gasteiger partial charge in [0.15, 0.2) is 0 Å². The molecule has 0 aliphatic rings. The summed E-state index contributed by atoms with van der Waals surface area (Å²) in [6.07, 6.45) is 0.894. The molecule has 0 aliphatic heterocycles. The number of halogens is 1. The van der Waals surface area contributed by atoms with Gasteiger partial charge in [0.2, 0.25) is 5.91 Å². The molecule has 0 bridgehead atoms. The van der Waals surface area contributed by atoms with Gasteiger partial charge >= 0.3 is 0 Å². The van der Waals surface area contributed by atoms with E-state index in [-0.39, 0.29) is 11.4 Å². The van der Waals surface area contributed by atoms with Crippen molar-refractivity contribution < 1.29 is 4.79 Å². The third-order valence-corrected chi connectivity index (χ3v) is 3.70. The molecule has 20 heavy (non-hydrogen) atoms. The first-order valence-corrected chi connectivity index (χ1v) is 7.83. The maximum Gasteiger partial charge on any atom is 0.234 e. The molecule has 1 heterocycles. The summed E-state index contributed by atoms with van der Waals surface area (Å²) in [7, 11) is 0. The third-order valence-electron chi connectivity index (χ3n) is 2.79. The lowest BCUT2D eigenvalue weighted by atomic mass is 10.1. The predicted octanol–water partition coefficient (Wildman–Crippen LogP) is 2.23. The van der Waals surface area contributed by atoms with Crippen LogP contribution >= 0.6 is 15.9 Å². The summed E-state index contributed by atoms with van der Waals surface area (Å²) in [6, 6.07) is 0. The fraction of sp³-hybridized carbons (Fsp3) is 0.714. The molecule has 1 aromatic rings. The number of amides is 1. The maximum atomic E-state index is 11.7. The van der Waals surface area contributed by atoms with Crippen LogP contribution in [0.1, 0.15) is 46.0 Å². The fourth-order valence-electron chi connectivity index (χ4n) is 1.94. The van der Waals surface area contributed by atoms with Crippen molar-refractivity contribution in [1.82, 2.24) is 20.4 Å². The van der Waals surface area contributed by atoms with E-state index in [0.29, 0.717) is 13.1 Å². The van der Waals surface area contributed by atoms with Crippen molar-refractivity contribution in [2.75, 3.05) is 6.54 Å². The number of nitrogens with zero attached hydrogens (tertiary/aromatic N) is 2. The van der Waals surface area contributed by atoms with Crippen LogP contribution in [0.3, 0.4) is 0 Å². The van der Waals surface area contributed by atoms with Crippen LogP contribution < -0.4 is 10.6 Å². The average Bonchev–Trinajstić information content (AvgIpc) is 2.64. The van der Waals surface area contributed by atoms with Gasteiger partial charge in [-0.05, 0) is 50.0 Å². The summed E-state index contributed by atoms with van der Waals surface area (Å²) in [5.41, 5.74) is 1.95. The predicted molar refractivity (Wildman–Crippen MR) is 84.6 cm³/mol. The van der Waals surface area contributed by atoms with Crippen LogP contribution in [0.25, 0.3) is 0 Å². The van der Waals surface area contributed by atoms with E-state index < -0.39 is 0 Å². The van der Waals surface area contributed by atoms with Gasteiger partial charge in [-0.15, -0.1) is 0 Å². The number of hydrogen-bond acceptors (Lipinski definition) is 3. The summed E-state index contributed by atoms with van der Waals surface area (Å²) in [5.74, 6) is 0.00639. The second kappa shape index (κ2) is 7.22. The van der Waals surface area contributed by atoms with E-state index in [4.69, 9.17) is 0 Å². The van der Waals surface area contributed by atoms with E-state index in [1.165, 1.54) is 0 Å². The molecule has 0 spiro atoms. The molecule has 1 rings (SSSR count). The quantitative estimate of drug-likeness (QED) is 0.831. The summed E-state index contributed by atoms with van der Waals surface area (Å²) >= 11 is 3.60. The molecule has 0 radical (unpaired) electrons. The highest BCUT2D eigenvalue weighted by atomic mass is 79.9. The Bertz CT molecular complexity index is 462. The van der Waals surface area contributed by atoms with Gasteiger partial charge in [0, 0.05) is 18.6 Å². The molecule has 0 unspecified atom stereocenters. The standard InChI is InChI=1S/C14H25BrN4O/c1-6-10-13(15)11(19(7-2)18-10)8-16-9-12(20)17-14(3,4)5/h16H,6-9H2,1-5H3,(H,17,20). The maximum absolute atomic E-state index is 11.7. The van der Waals surface area contributed by atoms with Crippen LogP contribution in [0.5, 0.6) is 0 Å². The third kappa shape index (κ3) is 4.90. The zero-order valence-corrected chi connectivity index (χ0v) is 14.6. The number of aryl methyl sites for hydroxylation is 2. The van der Waals surface area contributed by atoms with Gasteiger partial charge in [-0.25, -0.2) is 0 Å². The van der Waals surface area contributed by atoms with Crippen LogP contribution in [0, 0.1) is 0 Å². The fourth-order valence-corrected chi connectivity index (χ4v) is 2.65. The number of hydrogen-bond donors (Lipinski definition) is 2. The Labute approximate surface area is 129 Å². The summed E-state index contributed by atoms with van der Waals surface area (Å²) in [4.78, 5) is 11.7. The second-order valence-corrected chi connectivity index (χ2v) is 6.57. The minimum absolute atomic E-state index is 0.00639. The smallest absolute Gasteiger partial charge is 0.234 e.